The molecule has 0 bridgehead atoms. The third kappa shape index (κ3) is 5.25. The number of nitrogens with zero attached hydrogens (tertiary/aromatic N) is 1. The van der Waals surface area contributed by atoms with Gasteiger partial charge in [-0.2, -0.15) is 0 Å². The topological polar surface area (TPSA) is 49.4 Å². The molecule has 4 nitrogen and oxygen atoms in total. The van der Waals surface area contributed by atoms with E-state index in [1.807, 2.05) is 13.8 Å². The van der Waals surface area contributed by atoms with Gasteiger partial charge in [0.25, 0.3) is 0 Å². The Balaban J connectivity index is 0.00000441. The second-order valence-electron chi connectivity index (χ2n) is 4.87. The minimum atomic E-state index is -3.67. The van der Waals surface area contributed by atoms with Crippen LogP contribution in [-0.4, -0.2) is 39.5 Å². The molecule has 0 saturated carbocycles. The van der Waals surface area contributed by atoms with E-state index in [0.29, 0.717) is 29.2 Å². The van der Waals surface area contributed by atoms with Gasteiger partial charge in [-0.25, -0.2) is 13.1 Å². The zero-order valence-corrected chi connectivity index (χ0v) is 16.4. The molecule has 0 aliphatic heterocycles. The molecule has 8 heteroatoms. The van der Waals surface area contributed by atoms with Gasteiger partial charge < -0.3 is 4.90 Å². The number of sulfonamides is 1. The molecule has 0 saturated heterocycles. The van der Waals surface area contributed by atoms with E-state index < -0.39 is 10.0 Å². The number of halogens is 3. The molecule has 0 radical (unpaired) electrons. The smallest absolute Gasteiger partial charge is 0.242 e. The number of nitrogens with one attached hydrogen (secondary N) is 1. The average molecular weight is 390 g/mol. The van der Waals surface area contributed by atoms with Crippen LogP contribution in [-0.2, 0) is 10.0 Å². The molecule has 1 rings (SSSR count). The maximum Gasteiger partial charge on any atom is 0.242 e. The number of aryl methyl sites for hydroxylation is 1. The van der Waals surface area contributed by atoms with Crippen molar-refractivity contribution < 1.29 is 8.42 Å². The van der Waals surface area contributed by atoms with Crippen molar-refractivity contribution in [1.29, 1.82) is 0 Å². The van der Waals surface area contributed by atoms with Crippen LogP contribution in [0.1, 0.15) is 25.0 Å². The monoisotopic (exact) mass is 388 g/mol. The Hall–Kier alpha value is -0.0400. The van der Waals surface area contributed by atoms with Gasteiger partial charge in [0.1, 0.15) is 4.90 Å². The number of rotatable bonds is 7. The summed E-state index contributed by atoms with van der Waals surface area (Å²) in [4.78, 5) is 2.22. The van der Waals surface area contributed by atoms with Crippen molar-refractivity contribution in [3.05, 3.63) is 27.2 Å². The lowest BCUT2D eigenvalue weighted by molar-refractivity contribution is 0.309. The highest BCUT2D eigenvalue weighted by Crippen LogP contribution is 2.33. The van der Waals surface area contributed by atoms with Crippen molar-refractivity contribution in [2.75, 3.05) is 26.2 Å². The highest BCUT2D eigenvalue weighted by molar-refractivity contribution is 7.89. The second kappa shape index (κ2) is 9.30. The van der Waals surface area contributed by atoms with Crippen LogP contribution in [0.5, 0.6) is 0 Å². The van der Waals surface area contributed by atoms with Crippen LogP contribution in [0.4, 0.5) is 0 Å². The van der Waals surface area contributed by atoms with Crippen molar-refractivity contribution in [2.45, 2.75) is 32.6 Å². The Morgan fingerprint density at radius 1 is 1.18 bits per heavy atom. The number of hydrogen-bond donors (Lipinski definition) is 1. The third-order valence-corrected chi connectivity index (χ3v) is 6.09. The first-order valence-corrected chi connectivity index (χ1v) is 9.15. The second-order valence-corrected chi connectivity index (χ2v) is 7.36. The summed E-state index contributed by atoms with van der Waals surface area (Å²) in [5.74, 6) is 0. The molecule has 0 heterocycles. The number of hydrogen-bond acceptors (Lipinski definition) is 3. The predicted octanol–water partition coefficient (Wildman–Crippen LogP) is 3.65. The van der Waals surface area contributed by atoms with Gasteiger partial charge in [-0.05, 0) is 44.1 Å². The van der Waals surface area contributed by atoms with Crippen LogP contribution in [0.3, 0.4) is 0 Å². The standard InChI is InChI=1S/C14H22Cl2N2O2S.ClH/c1-5-18(6-2)8-7-17-21(19,20)14-11(4)12(15)9-10(3)13(14)16;/h9,17H,5-8H2,1-4H3;1H. The summed E-state index contributed by atoms with van der Waals surface area (Å²) in [6.45, 7) is 10.2. The summed E-state index contributed by atoms with van der Waals surface area (Å²) in [7, 11) is -3.67. The van der Waals surface area contributed by atoms with Gasteiger partial charge >= 0.3 is 0 Å². The summed E-state index contributed by atoms with van der Waals surface area (Å²) in [5.41, 5.74) is 1.12. The van der Waals surface area contributed by atoms with Gasteiger partial charge in [-0.3, -0.25) is 0 Å². The lowest BCUT2D eigenvalue weighted by atomic mass is 10.2. The third-order valence-electron chi connectivity index (χ3n) is 3.47. The molecule has 0 spiro atoms. The molecular formula is C14H23Cl3N2O2S. The molecule has 1 N–H and O–H groups in total. The Morgan fingerprint density at radius 2 is 1.73 bits per heavy atom. The molecule has 0 amide bonds. The van der Waals surface area contributed by atoms with Crippen LogP contribution in [0.15, 0.2) is 11.0 Å². The molecule has 0 fully saturated rings. The first-order valence-electron chi connectivity index (χ1n) is 6.91. The maximum atomic E-state index is 12.5. The van der Waals surface area contributed by atoms with Gasteiger partial charge in [-0.15, -0.1) is 12.4 Å². The zero-order valence-electron chi connectivity index (χ0n) is 13.2. The number of benzene rings is 1. The zero-order chi connectivity index (χ0) is 16.2. The molecule has 1 aromatic carbocycles. The van der Waals surface area contributed by atoms with E-state index in [1.54, 1.807) is 19.9 Å². The molecule has 0 aliphatic rings. The van der Waals surface area contributed by atoms with Crippen molar-refractivity contribution in [2.24, 2.45) is 0 Å². The first-order chi connectivity index (χ1) is 9.74. The van der Waals surface area contributed by atoms with Crippen molar-refractivity contribution in [3.63, 3.8) is 0 Å². The van der Waals surface area contributed by atoms with Crippen molar-refractivity contribution in [3.8, 4) is 0 Å². The summed E-state index contributed by atoms with van der Waals surface area (Å²) >= 11 is 12.2. The number of likely N-dealkylation sites (N-methyl/N-ethyl adjacent to an activating group) is 1. The summed E-state index contributed by atoms with van der Waals surface area (Å²) in [6, 6.07) is 1.67. The van der Waals surface area contributed by atoms with Gasteiger partial charge in [0.2, 0.25) is 10.0 Å². The van der Waals surface area contributed by atoms with Crippen LogP contribution >= 0.6 is 35.6 Å². The van der Waals surface area contributed by atoms with Crippen molar-refractivity contribution in [1.82, 2.24) is 9.62 Å². The fourth-order valence-corrected chi connectivity index (χ4v) is 4.31. The first kappa shape index (κ1) is 22.0. The van der Waals surface area contributed by atoms with E-state index in [2.05, 4.69) is 9.62 Å². The van der Waals surface area contributed by atoms with E-state index in [9.17, 15) is 8.42 Å². The minimum Gasteiger partial charge on any atom is -0.303 e. The summed E-state index contributed by atoms with van der Waals surface area (Å²) in [6.07, 6.45) is 0. The predicted molar refractivity (Wildman–Crippen MR) is 96.2 cm³/mol. The molecular weight excluding hydrogens is 367 g/mol. The normalized spacial score (nSPS) is 11.6. The Kier molecular flexibility index (Phi) is 9.29. The Labute approximate surface area is 149 Å². The van der Waals surface area contributed by atoms with Gasteiger partial charge in [0, 0.05) is 18.1 Å². The van der Waals surface area contributed by atoms with Gasteiger partial charge in [-0.1, -0.05) is 37.0 Å². The molecule has 1 aromatic rings. The molecule has 0 unspecified atom stereocenters. The van der Waals surface area contributed by atoms with E-state index in [0.717, 1.165) is 13.1 Å². The van der Waals surface area contributed by atoms with Crippen molar-refractivity contribution >= 4 is 45.6 Å². The highest BCUT2D eigenvalue weighted by atomic mass is 35.5. The SMILES string of the molecule is CCN(CC)CCNS(=O)(=O)c1c(C)c(Cl)cc(C)c1Cl.Cl. The van der Waals surface area contributed by atoms with E-state index >= 15 is 0 Å². The van der Waals surface area contributed by atoms with Crippen LogP contribution < -0.4 is 4.72 Å². The Morgan fingerprint density at radius 3 is 2.23 bits per heavy atom. The Bertz CT molecular complexity index is 576. The van der Waals surface area contributed by atoms with Crippen LogP contribution in [0, 0.1) is 13.8 Å². The molecule has 22 heavy (non-hydrogen) atoms. The largest absolute Gasteiger partial charge is 0.303 e. The fraction of sp³-hybridized carbons (Fsp3) is 0.571. The average Bonchev–Trinajstić information content (AvgIpc) is 2.41. The fourth-order valence-electron chi connectivity index (χ4n) is 2.08. The lowest BCUT2D eigenvalue weighted by Gasteiger charge is -2.19. The molecule has 128 valence electrons. The molecule has 0 atom stereocenters. The van der Waals surface area contributed by atoms with Crippen LogP contribution in [0.25, 0.3) is 0 Å². The molecule has 0 aromatic heterocycles. The molecule has 0 aliphatic carbocycles. The quantitative estimate of drug-likeness (QED) is 0.774. The summed E-state index contributed by atoms with van der Waals surface area (Å²) in [5, 5.41) is 0.633. The van der Waals surface area contributed by atoms with Crippen LogP contribution in [0.2, 0.25) is 10.0 Å². The van der Waals surface area contributed by atoms with Gasteiger partial charge in [0.05, 0.1) is 5.02 Å². The minimum absolute atomic E-state index is 0. The van der Waals surface area contributed by atoms with E-state index in [4.69, 9.17) is 23.2 Å². The summed E-state index contributed by atoms with van der Waals surface area (Å²) < 4.78 is 27.5. The lowest BCUT2D eigenvalue weighted by Crippen LogP contribution is -2.35. The van der Waals surface area contributed by atoms with Gasteiger partial charge in [0.15, 0.2) is 0 Å². The van der Waals surface area contributed by atoms with E-state index in [-0.39, 0.29) is 22.3 Å². The highest BCUT2D eigenvalue weighted by Gasteiger charge is 2.23. The van der Waals surface area contributed by atoms with E-state index in [1.165, 1.54) is 0 Å². The maximum absolute atomic E-state index is 12.5.